The quantitative estimate of drug-likeness (QED) is 0.673. The van der Waals surface area contributed by atoms with Crippen LogP contribution in [0.1, 0.15) is 37.1 Å². The summed E-state index contributed by atoms with van der Waals surface area (Å²) in [5.74, 6) is 0.673. The van der Waals surface area contributed by atoms with E-state index in [2.05, 4.69) is 40.8 Å². The van der Waals surface area contributed by atoms with Gasteiger partial charge in [-0.25, -0.2) is 4.79 Å². The maximum atomic E-state index is 12.4. The summed E-state index contributed by atoms with van der Waals surface area (Å²) in [5, 5.41) is 7.92. The van der Waals surface area contributed by atoms with Crippen LogP contribution in [0.5, 0.6) is 0 Å². The highest BCUT2D eigenvalue weighted by molar-refractivity contribution is 7.10. The first kappa shape index (κ1) is 22.1. The van der Waals surface area contributed by atoms with Crippen LogP contribution >= 0.6 is 11.3 Å². The topological polar surface area (TPSA) is 73.9 Å². The molecule has 162 valence electrons. The molecule has 1 saturated heterocycles. The number of fused-ring (bicyclic) bond motifs is 1. The fraction of sp³-hybridized carbons (Fsp3) is 0.714. The lowest BCUT2D eigenvalue weighted by Crippen LogP contribution is -2.50. The number of urea groups is 1. The third-order valence-corrected chi connectivity index (χ3v) is 6.61. The lowest BCUT2D eigenvalue weighted by atomic mass is 10.0. The smallest absolute Gasteiger partial charge is 0.314 e. The average molecular weight is 423 g/mol. The lowest BCUT2D eigenvalue weighted by Gasteiger charge is -2.35. The number of carbonyl (C=O) groups is 2. The second-order valence-electron chi connectivity index (χ2n) is 8.25. The maximum Gasteiger partial charge on any atom is 0.314 e. The Hall–Kier alpha value is -1.64. The van der Waals surface area contributed by atoms with E-state index in [0.29, 0.717) is 38.0 Å². The van der Waals surface area contributed by atoms with Crippen molar-refractivity contribution < 1.29 is 14.3 Å². The Morgan fingerprint density at radius 1 is 1.21 bits per heavy atom. The van der Waals surface area contributed by atoms with E-state index in [9.17, 15) is 9.59 Å². The predicted molar refractivity (Wildman–Crippen MR) is 115 cm³/mol. The van der Waals surface area contributed by atoms with E-state index in [4.69, 9.17) is 4.74 Å². The van der Waals surface area contributed by atoms with Gasteiger partial charge in [0.2, 0.25) is 5.91 Å². The van der Waals surface area contributed by atoms with Crippen molar-refractivity contribution in [1.29, 1.82) is 0 Å². The zero-order valence-corrected chi connectivity index (χ0v) is 18.4. The monoisotopic (exact) mass is 422 g/mol. The molecule has 2 aliphatic rings. The van der Waals surface area contributed by atoms with Crippen molar-refractivity contribution in [2.24, 2.45) is 5.92 Å². The first-order chi connectivity index (χ1) is 14.0. The molecule has 2 N–H and O–H groups in total. The third-order valence-electron chi connectivity index (χ3n) is 5.59. The van der Waals surface area contributed by atoms with Crippen molar-refractivity contribution in [3.05, 3.63) is 21.9 Å². The molecule has 0 saturated carbocycles. The van der Waals surface area contributed by atoms with Gasteiger partial charge in [0.05, 0.1) is 13.2 Å². The minimum absolute atomic E-state index is 0.105. The molecule has 0 spiro atoms. The zero-order valence-electron chi connectivity index (χ0n) is 17.6. The molecule has 29 heavy (non-hydrogen) atoms. The number of amides is 3. The number of morpholine rings is 1. The molecular weight excluding hydrogens is 388 g/mol. The largest absolute Gasteiger partial charge is 0.379 e. The van der Waals surface area contributed by atoms with Gasteiger partial charge in [-0.15, -0.1) is 11.3 Å². The summed E-state index contributed by atoms with van der Waals surface area (Å²) in [4.78, 5) is 30.3. The number of carbonyl (C=O) groups excluding carboxylic acids is 2. The highest BCUT2D eigenvalue weighted by Crippen LogP contribution is 2.24. The number of thiophene rings is 1. The van der Waals surface area contributed by atoms with Gasteiger partial charge in [0, 0.05) is 56.6 Å². The van der Waals surface area contributed by atoms with Gasteiger partial charge >= 0.3 is 6.03 Å². The molecule has 0 radical (unpaired) electrons. The van der Waals surface area contributed by atoms with Gasteiger partial charge in [0.1, 0.15) is 0 Å². The first-order valence-corrected chi connectivity index (χ1v) is 11.6. The van der Waals surface area contributed by atoms with Gasteiger partial charge in [-0.3, -0.25) is 9.69 Å². The van der Waals surface area contributed by atoms with Crippen LogP contribution in [0, 0.1) is 5.92 Å². The number of hydrogen-bond acceptors (Lipinski definition) is 5. The zero-order chi connectivity index (χ0) is 20.6. The molecule has 3 amide bonds. The van der Waals surface area contributed by atoms with Gasteiger partial charge in [0.15, 0.2) is 0 Å². The van der Waals surface area contributed by atoms with Gasteiger partial charge in [-0.2, -0.15) is 0 Å². The molecule has 1 unspecified atom stereocenters. The van der Waals surface area contributed by atoms with Crippen molar-refractivity contribution in [2.45, 2.75) is 45.7 Å². The average Bonchev–Trinajstić information content (AvgIpc) is 3.19. The van der Waals surface area contributed by atoms with E-state index in [-0.39, 0.29) is 11.9 Å². The van der Waals surface area contributed by atoms with Crippen molar-refractivity contribution >= 4 is 23.3 Å². The molecule has 3 heterocycles. The van der Waals surface area contributed by atoms with Gasteiger partial charge in [0.25, 0.3) is 0 Å². The molecule has 8 heteroatoms. The van der Waals surface area contributed by atoms with Crippen LogP contribution in [-0.2, 0) is 22.5 Å². The summed E-state index contributed by atoms with van der Waals surface area (Å²) >= 11 is 1.77. The van der Waals surface area contributed by atoms with Crippen LogP contribution in [0.2, 0.25) is 0 Å². The van der Waals surface area contributed by atoms with Crippen molar-refractivity contribution in [3.8, 4) is 0 Å². The fourth-order valence-electron chi connectivity index (χ4n) is 4.02. The van der Waals surface area contributed by atoms with E-state index in [0.717, 1.165) is 45.7 Å². The van der Waals surface area contributed by atoms with Crippen LogP contribution in [-0.4, -0.2) is 73.7 Å². The Labute approximate surface area is 177 Å². The van der Waals surface area contributed by atoms with Crippen molar-refractivity contribution in [2.75, 3.05) is 45.9 Å². The number of nitrogens with zero attached hydrogens (tertiary/aromatic N) is 2. The van der Waals surface area contributed by atoms with Crippen LogP contribution < -0.4 is 10.6 Å². The summed E-state index contributed by atoms with van der Waals surface area (Å²) in [6.07, 6.45) is 2.31. The third kappa shape index (κ3) is 6.69. The van der Waals surface area contributed by atoms with Gasteiger partial charge in [-0.1, -0.05) is 13.8 Å². The van der Waals surface area contributed by atoms with E-state index >= 15 is 0 Å². The second-order valence-corrected chi connectivity index (χ2v) is 9.25. The molecule has 0 bridgehead atoms. The standard InChI is InChI=1S/C21H34N4O3S/c1-16(2)13-18(24-8-10-28-11-9-24)14-23-21(27)22-6-3-20(26)25-7-4-19-17(15-25)5-12-29-19/h5,12,16,18H,3-4,6-11,13-15H2,1-2H3,(H2,22,23,27). The molecule has 7 nitrogen and oxygen atoms in total. The molecule has 0 aliphatic carbocycles. The van der Waals surface area contributed by atoms with Crippen molar-refractivity contribution in [1.82, 2.24) is 20.4 Å². The minimum Gasteiger partial charge on any atom is -0.379 e. The Morgan fingerprint density at radius 3 is 2.76 bits per heavy atom. The molecule has 1 aromatic heterocycles. The molecule has 2 aliphatic heterocycles. The summed E-state index contributed by atoms with van der Waals surface area (Å²) in [6, 6.07) is 2.23. The SMILES string of the molecule is CC(C)CC(CNC(=O)NCCC(=O)N1CCc2sccc2C1)N1CCOCC1. The number of nitrogens with one attached hydrogen (secondary N) is 2. The van der Waals surface area contributed by atoms with E-state index in [1.807, 2.05) is 4.90 Å². The van der Waals surface area contributed by atoms with Crippen LogP contribution in [0.4, 0.5) is 4.79 Å². The Morgan fingerprint density at radius 2 is 2.00 bits per heavy atom. The molecule has 1 atom stereocenters. The Kier molecular flexibility index (Phi) is 8.32. The van der Waals surface area contributed by atoms with E-state index in [1.54, 1.807) is 11.3 Å². The van der Waals surface area contributed by atoms with E-state index < -0.39 is 0 Å². The molecule has 1 fully saturated rings. The van der Waals surface area contributed by atoms with Crippen LogP contribution in [0.25, 0.3) is 0 Å². The molecule has 3 rings (SSSR count). The van der Waals surface area contributed by atoms with Gasteiger partial charge < -0.3 is 20.3 Å². The van der Waals surface area contributed by atoms with Gasteiger partial charge in [-0.05, 0) is 35.8 Å². The summed E-state index contributed by atoms with van der Waals surface area (Å²) in [6.45, 7) is 10.2. The maximum absolute atomic E-state index is 12.4. The fourth-order valence-corrected chi connectivity index (χ4v) is 4.91. The summed E-state index contributed by atoms with van der Waals surface area (Å²) in [5.41, 5.74) is 1.26. The van der Waals surface area contributed by atoms with E-state index in [1.165, 1.54) is 10.4 Å². The molecule has 1 aromatic rings. The van der Waals surface area contributed by atoms with Crippen molar-refractivity contribution in [3.63, 3.8) is 0 Å². The Balaban J connectivity index is 1.36. The second kappa shape index (κ2) is 10.9. The van der Waals surface area contributed by atoms with Crippen LogP contribution in [0.3, 0.4) is 0 Å². The number of ether oxygens (including phenoxy) is 1. The number of rotatable bonds is 8. The normalized spacial score (nSPS) is 18.4. The Bertz CT molecular complexity index is 673. The predicted octanol–water partition coefficient (Wildman–Crippen LogP) is 2.07. The molecular formula is C21H34N4O3S. The number of hydrogen-bond donors (Lipinski definition) is 2. The lowest BCUT2D eigenvalue weighted by molar-refractivity contribution is -0.131. The first-order valence-electron chi connectivity index (χ1n) is 10.7. The molecule has 0 aromatic carbocycles. The summed E-state index contributed by atoms with van der Waals surface area (Å²) < 4.78 is 5.44. The summed E-state index contributed by atoms with van der Waals surface area (Å²) in [7, 11) is 0. The van der Waals surface area contributed by atoms with Crippen LogP contribution in [0.15, 0.2) is 11.4 Å². The minimum atomic E-state index is -0.196. The highest BCUT2D eigenvalue weighted by Gasteiger charge is 2.23. The highest BCUT2D eigenvalue weighted by atomic mass is 32.1.